The van der Waals surface area contributed by atoms with Gasteiger partial charge in [-0.05, 0) is 56.2 Å². The van der Waals surface area contributed by atoms with Gasteiger partial charge in [0, 0.05) is 19.6 Å². The molecule has 3 atom stereocenters. The molecule has 0 spiro atoms. The maximum Gasteiger partial charge on any atom is 0.508 e. The summed E-state index contributed by atoms with van der Waals surface area (Å²) in [6.07, 6.45) is 0. The summed E-state index contributed by atoms with van der Waals surface area (Å²) in [4.78, 5) is 0. The molecule has 6 heteroatoms. The summed E-state index contributed by atoms with van der Waals surface area (Å²) in [5.74, 6) is 0.576. The number of hydrogen-bond donors (Lipinski definition) is 2. The number of aromatic hydroxyl groups is 2. The molecule has 0 saturated carbocycles. The lowest BCUT2D eigenvalue weighted by molar-refractivity contribution is -0.00222. The van der Waals surface area contributed by atoms with E-state index in [0.29, 0.717) is 6.61 Å². The Hall–Kier alpha value is -1.86. The lowest BCUT2D eigenvalue weighted by atomic mass is 10.0. The van der Waals surface area contributed by atoms with E-state index in [2.05, 4.69) is 6.92 Å². The van der Waals surface area contributed by atoms with Gasteiger partial charge in [-0.2, -0.15) is 0 Å². The molecule has 5 nitrogen and oxygen atoms in total. The Morgan fingerprint density at radius 1 is 0.857 bits per heavy atom. The highest BCUT2D eigenvalue weighted by molar-refractivity contribution is 6.62. The van der Waals surface area contributed by atoms with Crippen molar-refractivity contribution in [3.63, 3.8) is 0 Å². The summed E-state index contributed by atoms with van der Waals surface area (Å²) in [5, 5.41) is 19.1. The number of phenolic OH excluding ortho intramolecular Hbond substituents is 2. The molecule has 2 N–H and O–H groups in total. The van der Waals surface area contributed by atoms with Crippen LogP contribution in [0.1, 0.15) is 57.2 Å². The summed E-state index contributed by atoms with van der Waals surface area (Å²) < 4.78 is 18.8. The van der Waals surface area contributed by atoms with E-state index < -0.39 is 14.4 Å². The van der Waals surface area contributed by atoms with Gasteiger partial charge in [-0.15, -0.1) is 0 Å². The molecule has 0 heterocycles. The van der Waals surface area contributed by atoms with Crippen molar-refractivity contribution in [2.75, 3.05) is 13.7 Å². The standard InChI is InChI=1S/C22H32O5Si/c1-16(18-7-11-20(23)12-8-18)15-26-28(25-6,27-22(3,4)5)17(2)19-9-13-21(24)14-10-19/h7-14,16-17,23-24H,15H2,1-6H3. The van der Waals surface area contributed by atoms with Crippen molar-refractivity contribution in [2.24, 2.45) is 0 Å². The maximum atomic E-state index is 9.61. The Balaban J connectivity index is 2.26. The van der Waals surface area contributed by atoms with Crippen LogP contribution in [0.5, 0.6) is 11.5 Å². The van der Waals surface area contributed by atoms with Crippen LogP contribution >= 0.6 is 0 Å². The third-order valence-corrected chi connectivity index (χ3v) is 8.08. The highest BCUT2D eigenvalue weighted by Gasteiger charge is 2.50. The second-order valence-corrected chi connectivity index (χ2v) is 11.1. The van der Waals surface area contributed by atoms with E-state index in [9.17, 15) is 10.2 Å². The van der Waals surface area contributed by atoms with Crippen LogP contribution in [-0.2, 0) is 13.3 Å². The van der Waals surface area contributed by atoms with Crippen LogP contribution in [-0.4, -0.2) is 38.3 Å². The van der Waals surface area contributed by atoms with Crippen molar-refractivity contribution >= 4 is 8.80 Å². The van der Waals surface area contributed by atoms with Gasteiger partial charge in [0.15, 0.2) is 0 Å². The first-order valence-electron chi connectivity index (χ1n) is 9.53. The van der Waals surface area contributed by atoms with Crippen molar-refractivity contribution in [2.45, 2.75) is 51.7 Å². The largest absolute Gasteiger partial charge is 0.508 e. The van der Waals surface area contributed by atoms with Gasteiger partial charge >= 0.3 is 8.80 Å². The number of hydrogen-bond acceptors (Lipinski definition) is 5. The van der Waals surface area contributed by atoms with Gasteiger partial charge < -0.3 is 23.5 Å². The maximum absolute atomic E-state index is 9.61. The Morgan fingerprint density at radius 2 is 1.32 bits per heavy atom. The molecule has 3 unspecified atom stereocenters. The quantitative estimate of drug-likeness (QED) is 0.609. The molecule has 0 aliphatic carbocycles. The van der Waals surface area contributed by atoms with Crippen molar-refractivity contribution in [3.8, 4) is 11.5 Å². The van der Waals surface area contributed by atoms with Crippen LogP contribution in [0.3, 0.4) is 0 Å². The van der Waals surface area contributed by atoms with Crippen LogP contribution < -0.4 is 0 Å². The van der Waals surface area contributed by atoms with E-state index in [1.54, 1.807) is 31.4 Å². The average Bonchev–Trinajstić information content (AvgIpc) is 2.64. The van der Waals surface area contributed by atoms with Crippen molar-refractivity contribution in [3.05, 3.63) is 59.7 Å². The third-order valence-electron chi connectivity index (χ3n) is 4.65. The third kappa shape index (κ3) is 5.82. The minimum atomic E-state index is -3.10. The molecular weight excluding hydrogens is 372 g/mol. The zero-order valence-corrected chi connectivity index (χ0v) is 18.6. The number of rotatable bonds is 8. The molecule has 0 aliphatic rings. The van der Waals surface area contributed by atoms with Crippen LogP contribution in [0.15, 0.2) is 48.5 Å². The van der Waals surface area contributed by atoms with Gasteiger partial charge in [0.25, 0.3) is 0 Å². The fraction of sp³-hybridized carbons (Fsp3) is 0.455. The molecule has 0 saturated heterocycles. The van der Waals surface area contributed by atoms with Gasteiger partial charge in [0.1, 0.15) is 11.5 Å². The van der Waals surface area contributed by atoms with E-state index in [0.717, 1.165) is 11.1 Å². The molecule has 2 rings (SSSR count). The molecule has 0 radical (unpaired) electrons. The van der Waals surface area contributed by atoms with Crippen molar-refractivity contribution in [1.29, 1.82) is 0 Å². The first-order valence-corrected chi connectivity index (χ1v) is 11.3. The summed E-state index contributed by atoms with van der Waals surface area (Å²) in [6.45, 7) is 10.5. The lowest BCUT2D eigenvalue weighted by Crippen LogP contribution is -2.54. The Labute approximate surface area is 169 Å². The molecule has 0 aliphatic heterocycles. The van der Waals surface area contributed by atoms with Crippen LogP contribution in [0.4, 0.5) is 0 Å². The Morgan fingerprint density at radius 3 is 1.75 bits per heavy atom. The molecular formula is C22H32O5Si. The van der Waals surface area contributed by atoms with Gasteiger partial charge in [0.05, 0.1) is 11.1 Å². The minimum absolute atomic E-state index is 0.107. The predicted molar refractivity (Wildman–Crippen MR) is 113 cm³/mol. The van der Waals surface area contributed by atoms with E-state index in [4.69, 9.17) is 13.3 Å². The summed E-state index contributed by atoms with van der Waals surface area (Å²) in [5.41, 5.74) is 1.52. The second kappa shape index (κ2) is 9.09. The SMILES string of the molecule is CO[Si](OCC(C)c1ccc(O)cc1)(OC(C)(C)C)C(C)c1ccc(O)cc1. The molecule has 0 amide bonds. The molecule has 2 aromatic carbocycles. The van der Waals surface area contributed by atoms with E-state index in [-0.39, 0.29) is 23.0 Å². The van der Waals surface area contributed by atoms with E-state index in [1.165, 1.54) is 0 Å². The average molecular weight is 405 g/mol. The summed E-state index contributed by atoms with van der Waals surface area (Å²) in [7, 11) is -1.47. The molecule has 2 aromatic rings. The lowest BCUT2D eigenvalue weighted by Gasteiger charge is -2.39. The number of benzene rings is 2. The smallest absolute Gasteiger partial charge is 0.508 e. The van der Waals surface area contributed by atoms with Crippen molar-refractivity contribution in [1.82, 2.24) is 0 Å². The Bertz CT molecular complexity index is 739. The monoisotopic (exact) mass is 404 g/mol. The minimum Gasteiger partial charge on any atom is -0.508 e. The van der Waals surface area contributed by atoms with Gasteiger partial charge in [-0.25, -0.2) is 0 Å². The highest BCUT2D eigenvalue weighted by Crippen LogP contribution is 2.34. The molecule has 0 fully saturated rings. The first-order chi connectivity index (χ1) is 13.1. The van der Waals surface area contributed by atoms with Crippen LogP contribution in [0.25, 0.3) is 0 Å². The normalized spacial score (nSPS) is 16.4. The van der Waals surface area contributed by atoms with E-state index in [1.807, 2.05) is 52.0 Å². The second-order valence-electron chi connectivity index (χ2n) is 8.14. The molecule has 0 bridgehead atoms. The van der Waals surface area contributed by atoms with Gasteiger partial charge in [-0.3, -0.25) is 0 Å². The molecule has 0 aromatic heterocycles. The topological polar surface area (TPSA) is 68.2 Å². The summed E-state index contributed by atoms with van der Waals surface area (Å²) in [6, 6.07) is 14.2. The van der Waals surface area contributed by atoms with E-state index >= 15 is 0 Å². The van der Waals surface area contributed by atoms with Crippen LogP contribution in [0.2, 0.25) is 0 Å². The fourth-order valence-corrected chi connectivity index (χ4v) is 6.03. The first kappa shape index (κ1) is 22.4. The Kier molecular flexibility index (Phi) is 7.28. The number of phenols is 2. The van der Waals surface area contributed by atoms with Crippen molar-refractivity contribution < 1.29 is 23.5 Å². The molecule has 154 valence electrons. The summed E-state index contributed by atoms with van der Waals surface area (Å²) >= 11 is 0. The molecule has 28 heavy (non-hydrogen) atoms. The van der Waals surface area contributed by atoms with Gasteiger partial charge in [0.2, 0.25) is 0 Å². The highest BCUT2D eigenvalue weighted by atomic mass is 28.4. The fourth-order valence-electron chi connectivity index (χ4n) is 3.05. The van der Waals surface area contributed by atoms with Crippen LogP contribution in [0, 0.1) is 0 Å². The zero-order chi connectivity index (χ0) is 20.9. The zero-order valence-electron chi connectivity index (χ0n) is 17.6. The van der Waals surface area contributed by atoms with Gasteiger partial charge in [-0.1, -0.05) is 38.1 Å². The predicted octanol–water partition coefficient (Wildman–Crippen LogP) is 4.96.